The number of hydrogen-bond donors (Lipinski definition) is 1. The summed E-state index contributed by atoms with van der Waals surface area (Å²) in [6.07, 6.45) is 2.28. The van der Waals surface area contributed by atoms with Crippen LogP contribution in [0.15, 0.2) is 43.0 Å². The van der Waals surface area contributed by atoms with Crippen LogP contribution in [0.5, 0.6) is 0 Å². The Labute approximate surface area is 96.8 Å². The first-order valence-corrected chi connectivity index (χ1v) is 5.39. The molecule has 3 nitrogen and oxygen atoms in total. The number of carbonyl (C=O) groups excluding carboxylic acids is 1. The third kappa shape index (κ3) is 3.87. The highest BCUT2D eigenvalue weighted by molar-refractivity contribution is 5.92. The van der Waals surface area contributed by atoms with Gasteiger partial charge in [0.15, 0.2) is 0 Å². The molecule has 0 aromatic heterocycles. The highest BCUT2D eigenvalue weighted by Gasteiger charge is 2.09. The van der Waals surface area contributed by atoms with Crippen LogP contribution in [0.25, 0.3) is 0 Å². The average molecular weight is 218 g/mol. The first-order chi connectivity index (χ1) is 7.75. The van der Waals surface area contributed by atoms with Crippen molar-refractivity contribution < 1.29 is 4.79 Å². The van der Waals surface area contributed by atoms with Crippen molar-refractivity contribution in [3.63, 3.8) is 0 Å². The van der Waals surface area contributed by atoms with Crippen LogP contribution in [0.3, 0.4) is 0 Å². The third-order valence-corrected chi connectivity index (χ3v) is 2.32. The molecule has 0 heterocycles. The SMILES string of the molecule is C=CCNCCC(=O)N(C)c1ccccc1. The van der Waals surface area contributed by atoms with E-state index in [9.17, 15) is 4.79 Å². The lowest BCUT2D eigenvalue weighted by molar-refractivity contribution is -0.118. The van der Waals surface area contributed by atoms with E-state index >= 15 is 0 Å². The van der Waals surface area contributed by atoms with E-state index in [1.165, 1.54) is 0 Å². The highest BCUT2D eigenvalue weighted by Crippen LogP contribution is 2.11. The molecule has 0 aliphatic carbocycles. The summed E-state index contributed by atoms with van der Waals surface area (Å²) in [5, 5.41) is 3.11. The summed E-state index contributed by atoms with van der Waals surface area (Å²) in [4.78, 5) is 13.4. The maximum Gasteiger partial charge on any atom is 0.227 e. The van der Waals surface area contributed by atoms with Crippen molar-refractivity contribution in [2.24, 2.45) is 0 Å². The number of amides is 1. The second-order valence-corrected chi connectivity index (χ2v) is 3.53. The quantitative estimate of drug-likeness (QED) is 0.583. The summed E-state index contributed by atoms with van der Waals surface area (Å²) in [7, 11) is 1.80. The van der Waals surface area contributed by atoms with Crippen LogP contribution in [-0.2, 0) is 4.79 Å². The van der Waals surface area contributed by atoms with Gasteiger partial charge in [-0.2, -0.15) is 0 Å². The lowest BCUT2D eigenvalue weighted by Gasteiger charge is -2.17. The second-order valence-electron chi connectivity index (χ2n) is 3.53. The number of para-hydroxylation sites is 1. The fourth-order valence-electron chi connectivity index (χ4n) is 1.36. The van der Waals surface area contributed by atoms with Gasteiger partial charge in [0.25, 0.3) is 0 Å². The number of carbonyl (C=O) groups is 1. The molecule has 1 N–H and O–H groups in total. The van der Waals surface area contributed by atoms with E-state index in [0.717, 1.165) is 12.2 Å². The zero-order chi connectivity index (χ0) is 11.8. The first-order valence-electron chi connectivity index (χ1n) is 5.39. The zero-order valence-corrected chi connectivity index (χ0v) is 9.65. The van der Waals surface area contributed by atoms with Crippen LogP contribution in [0.1, 0.15) is 6.42 Å². The minimum atomic E-state index is 0.114. The summed E-state index contributed by atoms with van der Waals surface area (Å²) in [5.41, 5.74) is 0.927. The van der Waals surface area contributed by atoms with Gasteiger partial charge < -0.3 is 10.2 Å². The molecule has 1 rings (SSSR count). The van der Waals surface area contributed by atoms with Gasteiger partial charge in [0.1, 0.15) is 0 Å². The Morgan fingerprint density at radius 3 is 2.75 bits per heavy atom. The summed E-state index contributed by atoms with van der Waals surface area (Å²) < 4.78 is 0. The lowest BCUT2D eigenvalue weighted by Crippen LogP contribution is -2.29. The van der Waals surface area contributed by atoms with Crippen LogP contribution < -0.4 is 10.2 Å². The average Bonchev–Trinajstić information content (AvgIpc) is 2.34. The van der Waals surface area contributed by atoms with Crippen LogP contribution in [-0.4, -0.2) is 26.0 Å². The summed E-state index contributed by atoms with van der Waals surface area (Å²) >= 11 is 0. The molecule has 0 fully saturated rings. The fourth-order valence-corrected chi connectivity index (χ4v) is 1.36. The monoisotopic (exact) mass is 218 g/mol. The molecule has 86 valence electrons. The molecule has 0 unspecified atom stereocenters. The Hall–Kier alpha value is -1.61. The largest absolute Gasteiger partial charge is 0.315 e. The summed E-state index contributed by atoms with van der Waals surface area (Å²) in [6, 6.07) is 9.64. The van der Waals surface area contributed by atoms with Gasteiger partial charge in [0, 0.05) is 32.2 Å². The molecular formula is C13H18N2O. The number of benzene rings is 1. The lowest BCUT2D eigenvalue weighted by atomic mass is 10.2. The maximum atomic E-state index is 11.8. The van der Waals surface area contributed by atoms with Crippen molar-refractivity contribution in [3.8, 4) is 0 Å². The van der Waals surface area contributed by atoms with Gasteiger partial charge in [0.2, 0.25) is 5.91 Å². The molecule has 1 amide bonds. The van der Waals surface area contributed by atoms with Crippen molar-refractivity contribution in [1.82, 2.24) is 5.32 Å². The van der Waals surface area contributed by atoms with Gasteiger partial charge in [-0.3, -0.25) is 4.79 Å². The normalized spacial score (nSPS) is 9.81. The molecule has 1 aromatic carbocycles. The number of rotatable bonds is 6. The van der Waals surface area contributed by atoms with Gasteiger partial charge in [-0.1, -0.05) is 24.3 Å². The predicted octanol–water partition coefficient (Wildman–Crippen LogP) is 1.82. The highest BCUT2D eigenvalue weighted by atomic mass is 16.2. The Morgan fingerprint density at radius 2 is 2.12 bits per heavy atom. The van der Waals surface area contributed by atoms with Crippen LogP contribution in [0, 0.1) is 0 Å². The zero-order valence-electron chi connectivity index (χ0n) is 9.65. The van der Waals surface area contributed by atoms with E-state index in [2.05, 4.69) is 11.9 Å². The third-order valence-electron chi connectivity index (χ3n) is 2.32. The Kier molecular flexibility index (Phi) is 5.29. The minimum absolute atomic E-state index is 0.114. The van der Waals surface area contributed by atoms with Crippen LogP contribution in [0.2, 0.25) is 0 Å². The van der Waals surface area contributed by atoms with Crippen molar-refractivity contribution >= 4 is 11.6 Å². The van der Waals surface area contributed by atoms with E-state index in [1.807, 2.05) is 30.3 Å². The fraction of sp³-hybridized carbons (Fsp3) is 0.308. The predicted molar refractivity (Wildman–Crippen MR) is 67.5 cm³/mol. The topological polar surface area (TPSA) is 32.3 Å². The van der Waals surface area contributed by atoms with Gasteiger partial charge in [-0.05, 0) is 12.1 Å². The van der Waals surface area contributed by atoms with Gasteiger partial charge in [0.05, 0.1) is 0 Å². The van der Waals surface area contributed by atoms with Crippen LogP contribution >= 0.6 is 0 Å². The molecule has 0 saturated carbocycles. The summed E-state index contributed by atoms with van der Waals surface area (Å²) in [5.74, 6) is 0.114. The molecule has 1 aromatic rings. The second kappa shape index (κ2) is 6.80. The van der Waals surface area contributed by atoms with E-state index in [0.29, 0.717) is 13.0 Å². The summed E-state index contributed by atoms with van der Waals surface area (Å²) in [6.45, 7) is 5.02. The van der Waals surface area contributed by atoms with Crippen LogP contribution in [0.4, 0.5) is 5.69 Å². The molecular weight excluding hydrogens is 200 g/mol. The molecule has 0 saturated heterocycles. The van der Waals surface area contributed by atoms with Crippen molar-refractivity contribution in [2.45, 2.75) is 6.42 Å². The number of hydrogen-bond acceptors (Lipinski definition) is 2. The van der Waals surface area contributed by atoms with Crippen molar-refractivity contribution in [2.75, 3.05) is 25.0 Å². The minimum Gasteiger partial charge on any atom is -0.315 e. The van der Waals surface area contributed by atoms with E-state index < -0.39 is 0 Å². The number of nitrogens with one attached hydrogen (secondary N) is 1. The smallest absolute Gasteiger partial charge is 0.227 e. The van der Waals surface area contributed by atoms with Crippen molar-refractivity contribution in [1.29, 1.82) is 0 Å². The Bertz CT molecular complexity index is 335. The Balaban J connectivity index is 2.39. The molecule has 0 aliphatic heterocycles. The van der Waals surface area contributed by atoms with Crippen molar-refractivity contribution in [3.05, 3.63) is 43.0 Å². The van der Waals surface area contributed by atoms with Gasteiger partial charge >= 0.3 is 0 Å². The first kappa shape index (κ1) is 12.5. The number of anilines is 1. The molecule has 0 bridgehead atoms. The maximum absolute atomic E-state index is 11.8. The molecule has 0 radical (unpaired) electrons. The standard InChI is InChI=1S/C13H18N2O/c1-3-10-14-11-9-13(16)15(2)12-7-5-4-6-8-12/h3-8,14H,1,9-11H2,2H3. The van der Waals surface area contributed by atoms with Gasteiger partial charge in [-0.25, -0.2) is 0 Å². The van der Waals surface area contributed by atoms with Gasteiger partial charge in [-0.15, -0.1) is 6.58 Å². The molecule has 0 spiro atoms. The number of nitrogens with zero attached hydrogens (tertiary/aromatic N) is 1. The van der Waals surface area contributed by atoms with E-state index in [-0.39, 0.29) is 5.91 Å². The van der Waals surface area contributed by atoms with E-state index in [1.54, 1.807) is 18.0 Å². The molecule has 0 aliphatic rings. The molecule has 3 heteroatoms. The Morgan fingerprint density at radius 1 is 1.44 bits per heavy atom. The molecule has 0 atom stereocenters. The molecule has 16 heavy (non-hydrogen) atoms. The van der Waals surface area contributed by atoms with E-state index in [4.69, 9.17) is 0 Å².